The van der Waals surface area contributed by atoms with Crippen molar-refractivity contribution in [1.29, 1.82) is 0 Å². The lowest BCUT2D eigenvalue weighted by Crippen LogP contribution is -2.27. The number of aliphatic hydroxyl groups is 1. The van der Waals surface area contributed by atoms with E-state index >= 15 is 0 Å². The van der Waals surface area contributed by atoms with Crippen molar-refractivity contribution in [2.24, 2.45) is 5.92 Å². The van der Waals surface area contributed by atoms with E-state index in [4.69, 9.17) is 11.6 Å². The van der Waals surface area contributed by atoms with Gasteiger partial charge in [-0.15, -0.1) is 0 Å². The summed E-state index contributed by atoms with van der Waals surface area (Å²) in [6.07, 6.45) is 1.73. The van der Waals surface area contributed by atoms with Gasteiger partial charge in [0.2, 0.25) is 21.9 Å². The van der Waals surface area contributed by atoms with E-state index in [1.165, 1.54) is 11.8 Å². The van der Waals surface area contributed by atoms with E-state index in [1.807, 2.05) is 45.0 Å². The van der Waals surface area contributed by atoms with Crippen molar-refractivity contribution in [3.63, 3.8) is 0 Å². The monoisotopic (exact) mass is 459 g/mol. The van der Waals surface area contributed by atoms with Crippen LogP contribution in [0.1, 0.15) is 38.0 Å². The van der Waals surface area contributed by atoms with Crippen LogP contribution in [0.4, 0.5) is 11.9 Å². The van der Waals surface area contributed by atoms with E-state index in [9.17, 15) is 13.5 Å². The van der Waals surface area contributed by atoms with Crippen LogP contribution in [-0.4, -0.2) is 47.4 Å². The van der Waals surface area contributed by atoms with Crippen molar-refractivity contribution in [2.45, 2.75) is 43.6 Å². The molecule has 0 aliphatic rings. The minimum atomic E-state index is -3.56. The Bertz CT molecular complexity index is 927. The number of rotatable bonds is 10. The Morgan fingerprint density at radius 1 is 1.14 bits per heavy atom. The number of anilines is 2. The van der Waals surface area contributed by atoms with Crippen LogP contribution in [0.25, 0.3) is 0 Å². The van der Waals surface area contributed by atoms with Gasteiger partial charge in [-0.1, -0.05) is 55.4 Å². The Balaban J connectivity index is 2.32. The number of hydrogen-bond acceptors (Lipinski definition) is 8. The summed E-state index contributed by atoms with van der Waals surface area (Å²) in [6, 6.07) is 7.21. The summed E-state index contributed by atoms with van der Waals surface area (Å²) < 4.78 is 25.6. The number of sulfonamides is 1. The molecule has 0 spiro atoms. The summed E-state index contributed by atoms with van der Waals surface area (Å²) in [4.78, 5) is 12.7. The number of hydrogen-bond donors (Lipinski definition) is 3. The van der Waals surface area contributed by atoms with Gasteiger partial charge in [0.05, 0.1) is 18.9 Å². The van der Waals surface area contributed by atoms with Gasteiger partial charge in [0.1, 0.15) is 0 Å². The number of nitrogens with one attached hydrogen (secondary N) is 2. The van der Waals surface area contributed by atoms with E-state index in [2.05, 4.69) is 25.0 Å². The zero-order valence-corrected chi connectivity index (χ0v) is 19.1. The molecule has 1 aromatic heterocycles. The molecule has 0 saturated heterocycles. The lowest BCUT2D eigenvalue weighted by atomic mass is 10.0. The van der Waals surface area contributed by atoms with Crippen LogP contribution >= 0.6 is 23.4 Å². The van der Waals surface area contributed by atoms with Gasteiger partial charge in [0, 0.05) is 10.3 Å². The molecular formula is C18H26ClN5O3S2. The average Bonchev–Trinajstić information content (AvgIpc) is 2.59. The van der Waals surface area contributed by atoms with E-state index < -0.39 is 10.0 Å². The van der Waals surface area contributed by atoms with E-state index in [1.54, 1.807) is 0 Å². The van der Waals surface area contributed by atoms with Crippen LogP contribution in [0, 0.1) is 5.92 Å². The van der Waals surface area contributed by atoms with Crippen molar-refractivity contribution < 1.29 is 13.5 Å². The average molecular weight is 460 g/mol. The smallest absolute Gasteiger partial charge is 0.242 e. The molecule has 8 nitrogen and oxygen atoms in total. The number of aliphatic hydroxyl groups excluding tert-OH is 1. The van der Waals surface area contributed by atoms with Crippen molar-refractivity contribution in [2.75, 3.05) is 22.9 Å². The van der Waals surface area contributed by atoms with Crippen molar-refractivity contribution in [1.82, 2.24) is 15.0 Å². The molecule has 0 aliphatic heterocycles. The Morgan fingerprint density at radius 3 is 2.38 bits per heavy atom. The van der Waals surface area contributed by atoms with Gasteiger partial charge in [0.15, 0.2) is 5.16 Å². The minimum Gasteiger partial charge on any atom is -0.394 e. The van der Waals surface area contributed by atoms with Crippen molar-refractivity contribution in [3.8, 4) is 0 Å². The highest BCUT2D eigenvalue weighted by atomic mass is 35.5. The first kappa shape index (κ1) is 23.7. The summed E-state index contributed by atoms with van der Waals surface area (Å²) in [5, 5.41) is 13.6. The predicted octanol–water partition coefficient (Wildman–Crippen LogP) is 3.57. The number of aromatic nitrogens is 3. The first-order chi connectivity index (χ1) is 13.6. The summed E-state index contributed by atoms with van der Waals surface area (Å²) in [6.45, 7) is 5.95. The molecule has 0 saturated carbocycles. The molecule has 0 bridgehead atoms. The number of benzene rings is 1. The second-order valence-corrected chi connectivity index (χ2v) is 10.5. The maximum Gasteiger partial charge on any atom is 0.242 e. The fourth-order valence-electron chi connectivity index (χ4n) is 2.64. The predicted molar refractivity (Wildman–Crippen MR) is 118 cm³/mol. The molecule has 1 aromatic carbocycles. The lowest BCUT2D eigenvalue weighted by Gasteiger charge is -2.19. The Kier molecular flexibility index (Phi) is 8.50. The van der Waals surface area contributed by atoms with Gasteiger partial charge in [-0.25, -0.2) is 8.42 Å². The SMILES string of the molecule is CC(C)C[C@H](CO)Nc1nc(NS(C)(=O)=O)nc(S[C@@H](C)c2ccccc2Cl)n1. The number of nitrogens with zero attached hydrogens (tertiary/aromatic N) is 3. The lowest BCUT2D eigenvalue weighted by molar-refractivity contribution is 0.259. The van der Waals surface area contributed by atoms with Crippen LogP contribution in [0.2, 0.25) is 5.02 Å². The van der Waals surface area contributed by atoms with Crippen molar-refractivity contribution >= 4 is 45.3 Å². The molecule has 3 N–H and O–H groups in total. The van der Waals surface area contributed by atoms with E-state index in [-0.39, 0.29) is 29.8 Å². The van der Waals surface area contributed by atoms with Crippen LogP contribution in [0.5, 0.6) is 0 Å². The van der Waals surface area contributed by atoms with Crippen LogP contribution in [-0.2, 0) is 10.0 Å². The third-order valence-electron chi connectivity index (χ3n) is 3.83. The summed E-state index contributed by atoms with van der Waals surface area (Å²) in [5.74, 6) is 0.462. The van der Waals surface area contributed by atoms with Gasteiger partial charge >= 0.3 is 0 Å². The molecule has 160 valence electrons. The van der Waals surface area contributed by atoms with Crippen LogP contribution in [0.3, 0.4) is 0 Å². The zero-order chi connectivity index (χ0) is 21.6. The highest BCUT2D eigenvalue weighted by Gasteiger charge is 2.18. The molecule has 1 heterocycles. The normalized spacial score (nSPS) is 13.9. The summed E-state index contributed by atoms with van der Waals surface area (Å²) in [7, 11) is -3.56. The molecule has 0 unspecified atom stereocenters. The Morgan fingerprint density at radius 2 is 1.79 bits per heavy atom. The highest BCUT2D eigenvalue weighted by Crippen LogP contribution is 2.36. The van der Waals surface area contributed by atoms with Crippen LogP contribution in [0.15, 0.2) is 29.4 Å². The highest BCUT2D eigenvalue weighted by molar-refractivity contribution is 7.99. The molecule has 2 rings (SSSR count). The maximum absolute atomic E-state index is 11.6. The Hall–Kier alpha value is -1.62. The van der Waals surface area contributed by atoms with Gasteiger partial charge in [-0.2, -0.15) is 15.0 Å². The number of halogens is 1. The molecule has 0 aliphatic carbocycles. The quantitative estimate of drug-likeness (QED) is 0.461. The van der Waals surface area contributed by atoms with Gasteiger partial charge in [-0.3, -0.25) is 4.72 Å². The molecule has 0 radical (unpaired) electrons. The first-order valence-electron chi connectivity index (χ1n) is 9.09. The molecule has 0 amide bonds. The van der Waals surface area contributed by atoms with Gasteiger partial charge in [-0.05, 0) is 30.9 Å². The van der Waals surface area contributed by atoms with Gasteiger partial charge in [0.25, 0.3) is 0 Å². The largest absolute Gasteiger partial charge is 0.394 e. The fraction of sp³-hybridized carbons (Fsp3) is 0.500. The molecule has 0 fully saturated rings. The topological polar surface area (TPSA) is 117 Å². The molecule has 11 heteroatoms. The molecule has 29 heavy (non-hydrogen) atoms. The zero-order valence-electron chi connectivity index (χ0n) is 16.8. The fourth-order valence-corrected chi connectivity index (χ4v) is 4.36. The van der Waals surface area contributed by atoms with Gasteiger partial charge < -0.3 is 10.4 Å². The minimum absolute atomic E-state index is 0.0747. The molecule has 2 atom stereocenters. The van der Waals surface area contributed by atoms with Crippen LogP contribution < -0.4 is 10.0 Å². The number of thioether (sulfide) groups is 1. The third-order valence-corrected chi connectivity index (χ3v) is 5.72. The molecular weight excluding hydrogens is 434 g/mol. The maximum atomic E-state index is 11.6. The summed E-state index contributed by atoms with van der Waals surface area (Å²) >= 11 is 7.60. The molecule has 2 aromatic rings. The Labute approximate surface area is 181 Å². The summed E-state index contributed by atoms with van der Waals surface area (Å²) in [5.41, 5.74) is 0.916. The van der Waals surface area contributed by atoms with E-state index in [0.717, 1.165) is 11.8 Å². The second kappa shape index (κ2) is 10.4. The standard InChI is InChI=1S/C18H26ClN5O3S2/c1-11(2)9-13(10-25)20-16-21-17(24-29(4,26)27)23-18(22-16)28-12(3)14-7-5-6-8-15(14)19/h5-8,11-13,25H,9-10H2,1-4H3,(H2,20,21,22,23,24)/t12-,13+/m0/s1. The second-order valence-electron chi connectivity index (χ2n) is 7.07. The third kappa shape index (κ3) is 7.96. The first-order valence-corrected chi connectivity index (χ1v) is 12.2. The van der Waals surface area contributed by atoms with E-state index in [0.29, 0.717) is 22.5 Å². The van der Waals surface area contributed by atoms with Crippen molar-refractivity contribution in [3.05, 3.63) is 34.9 Å².